The molecule has 0 saturated carbocycles. The molecule has 0 amide bonds. The van der Waals surface area contributed by atoms with Crippen molar-refractivity contribution in [3.05, 3.63) is 57.6 Å². The van der Waals surface area contributed by atoms with Gasteiger partial charge in [-0.3, -0.25) is 0 Å². The van der Waals surface area contributed by atoms with Crippen LogP contribution >= 0.6 is 23.2 Å². The van der Waals surface area contributed by atoms with Crippen LogP contribution in [-0.2, 0) is 6.42 Å². The van der Waals surface area contributed by atoms with Gasteiger partial charge in [-0.15, -0.1) is 0 Å². The summed E-state index contributed by atoms with van der Waals surface area (Å²) in [6.45, 7) is 2.52. The van der Waals surface area contributed by atoms with E-state index in [4.69, 9.17) is 33.7 Å². The Hall–Kier alpha value is -1.22. The lowest BCUT2D eigenvalue weighted by Gasteiger charge is -2.13. The molecule has 0 bridgehead atoms. The van der Waals surface area contributed by atoms with E-state index < -0.39 is 0 Å². The first-order valence-electron chi connectivity index (χ1n) is 6.03. The maximum absolute atomic E-state index is 6.19. The molecule has 2 N–H and O–H groups in total. The van der Waals surface area contributed by atoms with Gasteiger partial charge in [-0.05, 0) is 49.2 Å². The third-order valence-electron chi connectivity index (χ3n) is 2.76. The van der Waals surface area contributed by atoms with Crippen LogP contribution in [0, 0.1) is 6.92 Å². The van der Waals surface area contributed by atoms with Crippen molar-refractivity contribution < 1.29 is 4.74 Å². The average molecular weight is 296 g/mol. The van der Waals surface area contributed by atoms with E-state index >= 15 is 0 Å². The normalized spacial score (nSPS) is 10.5. The van der Waals surface area contributed by atoms with Gasteiger partial charge >= 0.3 is 0 Å². The van der Waals surface area contributed by atoms with Crippen LogP contribution in [0.25, 0.3) is 0 Å². The van der Waals surface area contributed by atoms with Crippen LogP contribution < -0.4 is 10.5 Å². The zero-order valence-electron chi connectivity index (χ0n) is 10.6. The van der Waals surface area contributed by atoms with Crippen LogP contribution in [0.2, 0.25) is 10.0 Å². The molecule has 2 aromatic carbocycles. The topological polar surface area (TPSA) is 35.2 Å². The van der Waals surface area contributed by atoms with Crippen molar-refractivity contribution >= 4 is 23.2 Å². The van der Waals surface area contributed by atoms with Gasteiger partial charge in [0.1, 0.15) is 11.5 Å². The van der Waals surface area contributed by atoms with Crippen LogP contribution in [-0.4, -0.2) is 6.54 Å². The van der Waals surface area contributed by atoms with Crippen LogP contribution in [0.3, 0.4) is 0 Å². The van der Waals surface area contributed by atoms with E-state index in [1.165, 1.54) is 0 Å². The summed E-state index contributed by atoms with van der Waals surface area (Å²) < 4.78 is 5.86. The minimum absolute atomic E-state index is 0.540. The highest BCUT2D eigenvalue weighted by Crippen LogP contribution is 2.36. The van der Waals surface area contributed by atoms with E-state index in [0.717, 1.165) is 11.1 Å². The van der Waals surface area contributed by atoms with Crippen molar-refractivity contribution in [2.45, 2.75) is 13.3 Å². The van der Waals surface area contributed by atoms with Crippen LogP contribution in [0.15, 0.2) is 36.4 Å². The number of para-hydroxylation sites is 1. The average Bonchev–Trinajstić information content (AvgIpc) is 2.36. The molecule has 100 valence electrons. The Morgan fingerprint density at radius 3 is 2.58 bits per heavy atom. The number of rotatable bonds is 4. The number of hydrogen-bond donors (Lipinski definition) is 1. The van der Waals surface area contributed by atoms with E-state index in [1.54, 1.807) is 6.07 Å². The molecule has 2 aromatic rings. The number of nitrogens with two attached hydrogens (primary N) is 1. The summed E-state index contributed by atoms with van der Waals surface area (Å²) in [7, 11) is 0. The molecule has 0 radical (unpaired) electrons. The zero-order chi connectivity index (χ0) is 13.8. The second kappa shape index (κ2) is 6.29. The summed E-state index contributed by atoms with van der Waals surface area (Å²) in [5.41, 5.74) is 7.66. The van der Waals surface area contributed by atoms with E-state index in [0.29, 0.717) is 34.5 Å². The van der Waals surface area contributed by atoms with Crippen LogP contribution in [0.1, 0.15) is 11.1 Å². The van der Waals surface area contributed by atoms with Crippen molar-refractivity contribution in [2.75, 3.05) is 6.54 Å². The monoisotopic (exact) mass is 295 g/mol. The van der Waals surface area contributed by atoms with E-state index in [-0.39, 0.29) is 0 Å². The number of aryl methyl sites for hydroxylation is 1. The van der Waals surface area contributed by atoms with Gasteiger partial charge in [0, 0.05) is 0 Å². The van der Waals surface area contributed by atoms with E-state index in [1.807, 2.05) is 37.3 Å². The van der Waals surface area contributed by atoms with Crippen molar-refractivity contribution in [3.63, 3.8) is 0 Å². The quantitative estimate of drug-likeness (QED) is 0.895. The van der Waals surface area contributed by atoms with Crippen molar-refractivity contribution in [1.29, 1.82) is 0 Å². The fourth-order valence-electron chi connectivity index (χ4n) is 1.82. The molecule has 0 aliphatic rings. The molecule has 0 unspecified atom stereocenters. The summed E-state index contributed by atoms with van der Waals surface area (Å²) in [6, 6.07) is 11.3. The standard InChI is InChI=1S/C15H15Cl2NO/c1-10-5-6-14(13(17)9-10)19-15-11(7-8-18)3-2-4-12(15)16/h2-6,9H,7-8,18H2,1H3. The Morgan fingerprint density at radius 1 is 1.11 bits per heavy atom. The second-order valence-corrected chi connectivity index (χ2v) is 5.12. The maximum atomic E-state index is 6.19. The molecular formula is C15H15Cl2NO. The molecule has 0 saturated heterocycles. The minimum atomic E-state index is 0.540. The summed E-state index contributed by atoms with van der Waals surface area (Å²) >= 11 is 12.4. The SMILES string of the molecule is Cc1ccc(Oc2c(Cl)cccc2CCN)c(Cl)c1. The summed E-state index contributed by atoms with van der Waals surface area (Å²) in [5.74, 6) is 1.22. The summed E-state index contributed by atoms with van der Waals surface area (Å²) in [5, 5.41) is 1.13. The predicted molar refractivity (Wildman–Crippen MR) is 80.5 cm³/mol. The fourth-order valence-corrected chi connectivity index (χ4v) is 2.33. The third-order valence-corrected chi connectivity index (χ3v) is 3.35. The molecule has 0 spiro atoms. The highest BCUT2D eigenvalue weighted by Gasteiger charge is 2.11. The van der Waals surface area contributed by atoms with Gasteiger partial charge in [-0.2, -0.15) is 0 Å². The predicted octanol–water partition coefficient (Wildman–Crippen LogP) is 4.60. The van der Waals surface area contributed by atoms with Crippen molar-refractivity contribution in [2.24, 2.45) is 5.73 Å². The van der Waals surface area contributed by atoms with E-state index in [2.05, 4.69) is 0 Å². The summed E-state index contributed by atoms with van der Waals surface area (Å²) in [4.78, 5) is 0. The lowest BCUT2D eigenvalue weighted by atomic mass is 10.1. The first kappa shape index (κ1) is 14.2. The number of halogens is 2. The first-order chi connectivity index (χ1) is 9.11. The molecular weight excluding hydrogens is 281 g/mol. The number of hydrogen-bond acceptors (Lipinski definition) is 2. The van der Waals surface area contributed by atoms with Crippen molar-refractivity contribution in [1.82, 2.24) is 0 Å². The maximum Gasteiger partial charge on any atom is 0.149 e. The summed E-state index contributed by atoms with van der Waals surface area (Å²) in [6.07, 6.45) is 0.708. The Balaban J connectivity index is 2.37. The lowest BCUT2D eigenvalue weighted by molar-refractivity contribution is 0.476. The molecule has 19 heavy (non-hydrogen) atoms. The Morgan fingerprint density at radius 2 is 1.89 bits per heavy atom. The highest BCUT2D eigenvalue weighted by atomic mass is 35.5. The van der Waals surface area contributed by atoms with E-state index in [9.17, 15) is 0 Å². The molecule has 0 heterocycles. The van der Waals surface area contributed by atoms with Gasteiger partial charge in [0.25, 0.3) is 0 Å². The molecule has 2 nitrogen and oxygen atoms in total. The lowest BCUT2D eigenvalue weighted by Crippen LogP contribution is -2.04. The molecule has 4 heteroatoms. The van der Waals surface area contributed by atoms with Gasteiger partial charge in [-0.1, -0.05) is 41.4 Å². The molecule has 0 atom stereocenters. The smallest absolute Gasteiger partial charge is 0.149 e. The molecule has 0 aliphatic carbocycles. The minimum Gasteiger partial charge on any atom is -0.454 e. The second-order valence-electron chi connectivity index (χ2n) is 4.30. The van der Waals surface area contributed by atoms with Gasteiger partial charge in [0.2, 0.25) is 0 Å². The van der Waals surface area contributed by atoms with Gasteiger partial charge in [0.15, 0.2) is 0 Å². The van der Waals surface area contributed by atoms with Crippen LogP contribution in [0.4, 0.5) is 0 Å². The first-order valence-corrected chi connectivity index (χ1v) is 6.79. The zero-order valence-corrected chi connectivity index (χ0v) is 12.1. The molecule has 2 rings (SSSR count). The van der Waals surface area contributed by atoms with Crippen LogP contribution in [0.5, 0.6) is 11.5 Å². The molecule has 0 fully saturated rings. The highest BCUT2D eigenvalue weighted by molar-refractivity contribution is 6.33. The number of ether oxygens (including phenoxy) is 1. The fraction of sp³-hybridized carbons (Fsp3) is 0.200. The molecule has 0 aromatic heterocycles. The van der Waals surface area contributed by atoms with Gasteiger partial charge < -0.3 is 10.5 Å². The van der Waals surface area contributed by atoms with Crippen molar-refractivity contribution in [3.8, 4) is 11.5 Å². The van der Waals surface area contributed by atoms with Gasteiger partial charge in [0.05, 0.1) is 10.0 Å². The van der Waals surface area contributed by atoms with Gasteiger partial charge in [-0.25, -0.2) is 0 Å². The third kappa shape index (κ3) is 3.41. The largest absolute Gasteiger partial charge is 0.454 e. The molecule has 0 aliphatic heterocycles. The Bertz CT molecular complexity index is 584. The Labute approximate surface area is 123 Å². The number of benzene rings is 2. The Kier molecular flexibility index (Phi) is 4.70.